The lowest BCUT2D eigenvalue weighted by Crippen LogP contribution is -2.13. The van der Waals surface area contributed by atoms with E-state index in [4.69, 9.17) is 14.9 Å². The Kier molecular flexibility index (Phi) is 3.37. The lowest BCUT2D eigenvalue weighted by atomic mass is 10.3. The summed E-state index contributed by atoms with van der Waals surface area (Å²) in [6, 6.07) is 5.48. The number of ether oxygens (including phenoxy) is 1. The van der Waals surface area contributed by atoms with E-state index in [1.807, 2.05) is 0 Å². The Bertz CT molecular complexity index is 624. The van der Waals surface area contributed by atoms with Gasteiger partial charge in [-0.25, -0.2) is 14.6 Å². The number of carbonyl (C=O) groups is 2. The topological polar surface area (TPSA) is 110 Å². The molecule has 0 aliphatic carbocycles. The first-order valence-electron chi connectivity index (χ1n) is 5.13. The van der Waals surface area contributed by atoms with Crippen molar-refractivity contribution in [1.82, 2.24) is 9.97 Å². The molecule has 2 aromatic rings. The van der Waals surface area contributed by atoms with Gasteiger partial charge in [-0.15, -0.1) is 0 Å². The smallest absolute Gasteiger partial charge is 0.363 e. The first kappa shape index (κ1) is 12.5. The molecule has 19 heavy (non-hydrogen) atoms. The summed E-state index contributed by atoms with van der Waals surface area (Å²) in [7, 11) is 0. The van der Waals surface area contributed by atoms with Crippen molar-refractivity contribution in [2.75, 3.05) is 0 Å². The molecule has 0 unspecified atom stereocenters. The van der Waals surface area contributed by atoms with Gasteiger partial charge in [0.1, 0.15) is 11.5 Å². The minimum Gasteiger partial charge on any atom is -0.508 e. The molecule has 7 heteroatoms. The molecule has 0 fully saturated rings. The number of hydrogen-bond donors (Lipinski definition) is 2. The quantitative estimate of drug-likeness (QED) is 0.628. The van der Waals surface area contributed by atoms with Crippen molar-refractivity contribution >= 4 is 11.9 Å². The molecule has 0 amide bonds. The number of carboxylic acid groups (broad SMARTS) is 1. The summed E-state index contributed by atoms with van der Waals surface area (Å²) in [5.74, 6) is -1.88. The van der Waals surface area contributed by atoms with Gasteiger partial charge in [-0.3, -0.25) is 4.98 Å². The van der Waals surface area contributed by atoms with E-state index in [0.29, 0.717) is 0 Å². The average molecular weight is 260 g/mol. The zero-order valence-corrected chi connectivity index (χ0v) is 9.48. The number of aromatic nitrogens is 2. The highest BCUT2D eigenvalue weighted by Gasteiger charge is 2.14. The van der Waals surface area contributed by atoms with Gasteiger partial charge in [-0.2, -0.15) is 0 Å². The van der Waals surface area contributed by atoms with Gasteiger partial charge in [0, 0.05) is 0 Å². The van der Waals surface area contributed by atoms with Gasteiger partial charge in [0.15, 0.2) is 11.4 Å². The number of hydrogen-bond acceptors (Lipinski definition) is 6. The van der Waals surface area contributed by atoms with E-state index in [1.165, 1.54) is 24.3 Å². The largest absolute Gasteiger partial charge is 0.508 e. The van der Waals surface area contributed by atoms with E-state index >= 15 is 0 Å². The van der Waals surface area contributed by atoms with Crippen LogP contribution in [0, 0.1) is 0 Å². The van der Waals surface area contributed by atoms with Crippen LogP contribution in [-0.2, 0) is 0 Å². The van der Waals surface area contributed by atoms with Crippen LogP contribution in [0.4, 0.5) is 0 Å². The lowest BCUT2D eigenvalue weighted by Gasteiger charge is -2.03. The van der Waals surface area contributed by atoms with Gasteiger partial charge in [0.05, 0.1) is 12.4 Å². The summed E-state index contributed by atoms with van der Waals surface area (Å²) in [6.45, 7) is 0. The second-order valence-electron chi connectivity index (χ2n) is 3.48. The fourth-order valence-electron chi connectivity index (χ4n) is 1.24. The van der Waals surface area contributed by atoms with Crippen LogP contribution in [0.2, 0.25) is 0 Å². The number of benzene rings is 1. The standard InChI is InChI=1S/C12H8N2O5/c15-7-1-3-8(4-2-7)19-12(18)10-6-13-5-9(14-10)11(16)17/h1-6,15H,(H,16,17). The maximum Gasteiger partial charge on any atom is 0.363 e. The van der Waals surface area contributed by atoms with Crippen LogP contribution >= 0.6 is 0 Å². The van der Waals surface area contributed by atoms with Crippen molar-refractivity contribution in [2.24, 2.45) is 0 Å². The molecular weight excluding hydrogens is 252 g/mol. The Balaban J connectivity index is 2.18. The monoisotopic (exact) mass is 260 g/mol. The van der Waals surface area contributed by atoms with E-state index in [2.05, 4.69) is 9.97 Å². The van der Waals surface area contributed by atoms with Crippen LogP contribution in [0.3, 0.4) is 0 Å². The van der Waals surface area contributed by atoms with Crippen LogP contribution in [-0.4, -0.2) is 32.1 Å². The first-order valence-corrected chi connectivity index (χ1v) is 5.13. The van der Waals surface area contributed by atoms with Crippen molar-refractivity contribution in [3.63, 3.8) is 0 Å². The molecule has 0 bridgehead atoms. The molecule has 1 aromatic heterocycles. The molecule has 0 radical (unpaired) electrons. The number of rotatable bonds is 3. The minimum atomic E-state index is -1.29. The van der Waals surface area contributed by atoms with Crippen LogP contribution in [0.15, 0.2) is 36.7 Å². The summed E-state index contributed by atoms with van der Waals surface area (Å²) in [4.78, 5) is 29.6. The molecule has 0 saturated heterocycles. The fraction of sp³-hybridized carbons (Fsp3) is 0. The molecule has 96 valence electrons. The van der Waals surface area contributed by atoms with Gasteiger partial charge >= 0.3 is 11.9 Å². The predicted molar refractivity (Wildman–Crippen MR) is 62.1 cm³/mol. The summed E-state index contributed by atoms with van der Waals surface area (Å²) in [5, 5.41) is 17.8. The van der Waals surface area contributed by atoms with Crippen molar-refractivity contribution < 1.29 is 24.5 Å². The molecule has 1 heterocycles. The van der Waals surface area contributed by atoms with Gasteiger partial charge in [0.25, 0.3) is 0 Å². The molecular formula is C12H8N2O5. The van der Waals surface area contributed by atoms with Gasteiger partial charge in [-0.1, -0.05) is 0 Å². The van der Waals surface area contributed by atoms with Crippen molar-refractivity contribution in [1.29, 1.82) is 0 Å². The fourth-order valence-corrected chi connectivity index (χ4v) is 1.24. The van der Waals surface area contributed by atoms with E-state index in [0.717, 1.165) is 12.4 Å². The average Bonchev–Trinajstić information content (AvgIpc) is 2.41. The van der Waals surface area contributed by atoms with Crippen molar-refractivity contribution in [2.45, 2.75) is 0 Å². The third kappa shape index (κ3) is 3.03. The summed E-state index contributed by atoms with van der Waals surface area (Å²) in [6.07, 6.45) is 2.13. The highest BCUT2D eigenvalue weighted by Crippen LogP contribution is 2.16. The Morgan fingerprint density at radius 1 is 1.05 bits per heavy atom. The van der Waals surface area contributed by atoms with Crippen LogP contribution in [0.25, 0.3) is 0 Å². The normalized spacial score (nSPS) is 9.89. The Hall–Kier alpha value is -2.96. The van der Waals surface area contributed by atoms with E-state index in [-0.39, 0.29) is 22.9 Å². The molecule has 0 spiro atoms. The van der Waals surface area contributed by atoms with Crippen LogP contribution < -0.4 is 4.74 Å². The third-order valence-electron chi connectivity index (χ3n) is 2.11. The zero-order valence-electron chi connectivity index (χ0n) is 9.48. The van der Waals surface area contributed by atoms with Crippen molar-refractivity contribution in [3.8, 4) is 11.5 Å². The van der Waals surface area contributed by atoms with Gasteiger partial charge in [-0.05, 0) is 24.3 Å². The minimum absolute atomic E-state index is 0.0347. The Labute approximate surface area is 107 Å². The summed E-state index contributed by atoms with van der Waals surface area (Å²) >= 11 is 0. The van der Waals surface area contributed by atoms with Crippen LogP contribution in [0.5, 0.6) is 11.5 Å². The van der Waals surface area contributed by atoms with E-state index < -0.39 is 11.9 Å². The third-order valence-corrected chi connectivity index (χ3v) is 2.11. The number of aromatic carboxylic acids is 1. The second kappa shape index (κ2) is 5.13. The molecule has 2 N–H and O–H groups in total. The van der Waals surface area contributed by atoms with E-state index in [9.17, 15) is 9.59 Å². The van der Waals surface area contributed by atoms with Gasteiger partial charge < -0.3 is 14.9 Å². The maximum atomic E-state index is 11.7. The predicted octanol–water partition coefficient (Wildman–Crippen LogP) is 1.10. The number of nitrogens with zero attached hydrogens (tertiary/aromatic N) is 2. The molecule has 0 atom stereocenters. The highest BCUT2D eigenvalue weighted by molar-refractivity contribution is 5.91. The Morgan fingerprint density at radius 2 is 1.68 bits per heavy atom. The zero-order chi connectivity index (χ0) is 13.8. The van der Waals surface area contributed by atoms with Crippen LogP contribution in [0.1, 0.15) is 21.0 Å². The maximum absolute atomic E-state index is 11.7. The van der Waals surface area contributed by atoms with Crippen molar-refractivity contribution in [3.05, 3.63) is 48.0 Å². The molecule has 0 aliphatic heterocycles. The van der Waals surface area contributed by atoms with E-state index in [1.54, 1.807) is 0 Å². The highest BCUT2D eigenvalue weighted by atomic mass is 16.5. The number of phenolic OH excluding ortho intramolecular Hbond substituents is 1. The summed E-state index contributed by atoms with van der Waals surface area (Å²) in [5.41, 5.74) is -0.562. The summed E-state index contributed by atoms with van der Waals surface area (Å²) < 4.78 is 4.94. The number of phenols is 1. The number of esters is 1. The molecule has 1 aromatic carbocycles. The van der Waals surface area contributed by atoms with Gasteiger partial charge in [0.2, 0.25) is 0 Å². The Morgan fingerprint density at radius 3 is 2.32 bits per heavy atom. The lowest BCUT2D eigenvalue weighted by molar-refractivity contribution is 0.0689. The number of aromatic hydroxyl groups is 1. The molecule has 2 rings (SSSR count). The first-order chi connectivity index (χ1) is 9.06. The molecule has 0 aliphatic rings. The number of carbonyl (C=O) groups excluding carboxylic acids is 1. The second-order valence-corrected chi connectivity index (χ2v) is 3.48. The SMILES string of the molecule is O=C(O)c1cncc(C(=O)Oc2ccc(O)cc2)n1. The molecule has 0 saturated carbocycles. The molecule has 7 nitrogen and oxygen atoms in total. The number of carboxylic acids is 1.